The first-order chi connectivity index (χ1) is 7.51. The van der Waals surface area contributed by atoms with Gasteiger partial charge in [-0.05, 0) is 34.1 Å². The lowest BCUT2D eigenvalue weighted by Crippen LogP contribution is -2.02. The quantitative estimate of drug-likeness (QED) is 0.610. The molecule has 16 heavy (non-hydrogen) atoms. The van der Waals surface area contributed by atoms with Gasteiger partial charge >= 0.3 is 0 Å². The molecule has 0 spiro atoms. The molecule has 0 atom stereocenters. The van der Waals surface area contributed by atoms with Gasteiger partial charge in [0.2, 0.25) is 0 Å². The van der Waals surface area contributed by atoms with E-state index < -0.39 is 0 Å². The van der Waals surface area contributed by atoms with Gasteiger partial charge in [0, 0.05) is 10.7 Å². The zero-order chi connectivity index (χ0) is 12.3. The van der Waals surface area contributed by atoms with E-state index in [0.29, 0.717) is 11.8 Å². The fraction of sp³-hybridized carbons (Fsp3) is 0.571. The highest BCUT2D eigenvalue weighted by atomic mass is 79.9. The maximum atomic E-state index is 3.59. The fourth-order valence-electron chi connectivity index (χ4n) is 2.04. The molecule has 0 unspecified atom stereocenters. The standard InChI is InChI=1S/C14H20Br2/c1-9(2)13-6-14(10(3)4)12(8-16)5-11(13)7-15/h5-6,9-10H,7-8H2,1-4H3. The summed E-state index contributed by atoms with van der Waals surface area (Å²) in [5.74, 6) is 1.18. The molecule has 0 aliphatic rings. The zero-order valence-electron chi connectivity index (χ0n) is 10.5. The molecule has 0 radical (unpaired) electrons. The molecule has 0 aliphatic carbocycles. The van der Waals surface area contributed by atoms with Crippen molar-refractivity contribution in [3.05, 3.63) is 34.4 Å². The summed E-state index contributed by atoms with van der Waals surface area (Å²) in [5.41, 5.74) is 5.80. The molecule has 0 heterocycles. The van der Waals surface area contributed by atoms with Crippen molar-refractivity contribution in [1.82, 2.24) is 0 Å². The van der Waals surface area contributed by atoms with Crippen LogP contribution in [0.25, 0.3) is 0 Å². The Labute approximate surface area is 116 Å². The van der Waals surface area contributed by atoms with Crippen molar-refractivity contribution >= 4 is 31.9 Å². The van der Waals surface area contributed by atoms with Crippen molar-refractivity contribution < 1.29 is 0 Å². The number of alkyl halides is 2. The van der Waals surface area contributed by atoms with Crippen LogP contribution in [-0.2, 0) is 10.7 Å². The van der Waals surface area contributed by atoms with E-state index in [1.54, 1.807) is 0 Å². The second-order valence-electron chi connectivity index (χ2n) is 4.83. The van der Waals surface area contributed by atoms with Gasteiger partial charge in [-0.25, -0.2) is 0 Å². The summed E-state index contributed by atoms with van der Waals surface area (Å²) in [5, 5.41) is 1.89. The van der Waals surface area contributed by atoms with Crippen LogP contribution < -0.4 is 0 Å². The van der Waals surface area contributed by atoms with Gasteiger partial charge < -0.3 is 0 Å². The van der Waals surface area contributed by atoms with E-state index in [2.05, 4.69) is 71.7 Å². The zero-order valence-corrected chi connectivity index (χ0v) is 13.7. The second kappa shape index (κ2) is 6.20. The first kappa shape index (κ1) is 14.2. The lowest BCUT2D eigenvalue weighted by molar-refractivity contribution is 0.818. The summed E-state index contributed by atoms with van der Waals surface area (Å²) in [7, 11) is 0. The minimum absolute atomic E-state index is 0.592. The highest BCUT2D eigenvalue weighted by Gasteiger charge is 2.13. The van der Waals surface area contributed by atoms with Gasteiger partial charge in [-0.2, -0.15) is 0 Å². The van der Waals surface area contributed by atoms with E-state index in [0.717, 1.165) is 10.7 Å². The predicted molar refractivity (Wildman–Crippen MR) is 79.9 cm³/mol. The molecule has 1 aromatic rings. The van der Waals surface area contributed by atoms with Gasteiger partial charge in [0.15, 0.2) is 0 Å². The molecule has 0 N–H and O–H groups in total. The molecular formula is C14H20Br2. The third kappa shape index (κ3) is 3.10. The summed E-state index contributed by atoms with van der Waals surface area (Å²) >= 11 is 7.17. The summed E-state index contributed by atoms with van der Waals surface area (Å²) < 4.78 is 0. The van der Waals surface area contributed by atoms with Gasteiger partial charge in [-0.1, -0.05) is 71.7 Å². The topological polar surface area (TPSA) is 0 Å². The average Bonchev–Trinajstić information content (AvgIpc) is 2.26. The Bertz CT molecular complexity index is 323. The van der Waals surface area contributed by atoms with Crippen LogP contribution in [0, 0.1) is 0 Å². The van der Waals surface area contributed by atoms with Crippen molar-refractivity contribution in [2.75, 3.05) is 0 Å². The van der Waals surface area contributed by atoms with Crippen LogP contribution in [0.15, 0.2) is 12.1 Å². The highest BCUT2D eigenvalue weighted by molar-refractivity contribution is 9.08. The van der Waals surface area contributed by atoms with Gasteiger partial charge in [0.25, 0.3) is 0 Å². The normalized spacial score (nSPS) is 11.5. The first-order valence-corrected chi connectivity index (χ1v) is 8.03. The summed E-state index contributed by atoms with van der Waals surface area (Å²) in [6.07, 6.45) is 0. The molecule has 0 saturated carbocycles. The van der Waals surface area contributed by atoms with Gasteiger partial charge in [-0.15, -0.1) is 0 Å². The Morgan fingerprint density at radius 2 is 1.19 bits per heavy atom. The first-order valence-electron chi connectivity index (χ1n) is 5.78. The van der Waals surface area contributed by atoms with Crippen molar-refractivity contribution in [2.45, 2.75) is 50.2 Å². The second-order valence-corrected chi connectivity index (χ2v) is 5.95. The minimum atomic E-state index is 0.592. The van der Waals surface area contributed by atoms with E-state index in [1.165, 1.54) is 22.3 Å². The van der Waals surface area contributed by atoms with Crippen LogP contribution in [0.1, 0.15) is 61.8 Å². The Morgan fingerprint density at radius 1 is 0.812 bits per heavy atom. The molecule has 0 bridgehead atoms. The molecule has 0 aliphatic heterocycles. The maximum absolute atomic E-state index is 3.59. The summed E-state index contributed by atoms with van der Waals surface area (Å²) in [6.45, 7) is 9.05. The molecular weight excluding hydrogens is 328 g/mol. The number of rotatable bonds is 4. The lowest BCUT2D eigenvalue weighted by Gasteiger charge is -2.18. The Kier molecular flexibility index (Phi) is 5.52. The smallest absolute Gasteiger partial charge is 0.0285 e. The van der Waals surface area contributed by atoms with Crippen molar-refractivity contribution in [1.29, 1.82) is 0 Å². The molecule has 2 heteroatoms. The predicted octanol–water partition coefficient (Wildman–Crippen LogP) is 5.72. The minimum Gasteiger partial charge on any atom is -0.0876 e. The molecule has 90 valence electrons. The maximum Gasteiger partial charge on any atom is 0.0285 e. The Morgan fingerprint density at radius 3 is 1.44 bits per heavy atom. The number of halogens is 2. The summed E-state index contributed by atoms with van der Waals surface area (Å²) in [4.78, 5) is 0. The van der Waals surface area contributed by atoms with Gasteiger partial charge in [0.05, 0.1) is 0 Å². The highest BCUT2D eigenvalue weighted by Crippen LogP contribution is 2.30. The van der Waals surface area contributed by atoms with Gasteiger partial charge in [-0.3, -0.25) is 0 Å². The Hall–Kier alpha value is 0.180. The molecule has 0 nitrogen and oxygen atoms in total. The number of hydrogen-bond donors (Lipinski definition) is 0. The van der Waals surface area contributed by atoms with E-state index in [9.17, 15) is 0 Å². The van der Waals surface area contributed by atoms with Crippen LogP contribution in [0.3, 0.4) is 0 Å². The van der Waals surface area contributed by atoms with Crippen LogP contribution in [0.4, 0.5) is 0 Å². The molecule has 0 fully saturated rings. The summed E-state index contributed by atoms with van der Waals surface area (Å²) in [6, 6.07) is 4.73. The third-order valence-electron chi connectivity index (χ3n) is 2.93. The van der Waals surface area contributed by atoms with E-state index >= 15 is 0 Å². The van der Waals surface area contributed by atoms with Crippen molar-refractivity contribution in [3.63, 3.8) is 0 Å². The monoisotopic (exact) mass is 346 g/mol. The van der Waals surface area contributed by atoms with Crippen LogP contribution >= 0.6 is 31.9 Å². The molecule has 0 aromatic heterocycles. The lowest BCUT2D eigenvalue weighted by atomic mass is 9.89. The SMILES string of the molecule is CC(C)c1cc(C(C)C)c(CBr)cc1CBr. The molecule has 0 amide bonds. The van der Waals surface area contributed by atoms with Crippen LogP contribution in [0.2, 0.25) is 0 Å². The van der Waals surface area contributed by atoms with E-state index in [1.807, 2.05) is 0 Å². The molecule has 1 rings (SSSR count). The number of hydrogen-bond acceptors (Lipinski definition) is 0. The molecule has 1 aromatic carbocycles. The van der Waals surface area contributed by atoms with Crippen LogP contribution in [-0.4, -0.2) is 0 Å². The fourth-order valence-corrected chi connectivity index (χ4v) is 3.01. The average molecular weight is 348 g/mol. The molecule has 0 saturated heterocycles. The Balaban J connectivity index is 3.35. The number of benzene rings is 1. The van der Waals surface area contributed by atoms with Crippen molar-refractivity contribution in [3.8, 4) is 0 Å². The van der Waals surface area contributed by atoms with E-state index in [-0.39, 0.29) is 0 Å². The van der Waals surface area contributed by atoms with Crippen LogP contribution in [0.5, 0.6) is 0 Å². The van der Waals surface area contributed by atoms with Crippen molar-refractivity contribution in [2.24, 2.45) is 0 Å². The largest absolute Gasteiger partial charge is 0.0876 e. The van der Waals surface area contributed by atoms with E-state index in [4.69, 9.17) is 0 Å². The van der Waals surface area contributed by atoms with Gasteiger partial charge in [0.1, 0.15) is 0 Å². The third-order valence-corrected chi connectivity index (χ3v) is 4.14.